The number of allylic oxidation sites excluding steroid dienone is 2. The van der Waals surface area contributed by atoms with E-state index >= 15 is 0 Å². The second-order valence-electron chi connectivity index (χ2n) is 6.21. The molecule has 0 aromatic rings. The molecule has 0 radical (unpaired) electrons. The van der Waals surface area contributed by atoms with Crippen LogP contribution < -0.4 is 0 Å². The Morgan fingerprint density at radius 2 is 1.94 bits per heavy atom. The fourth-order valence-corrected chi connectivity index (χ4v) is 2.86. The molecule has 0 N–H and O–H groups in total. The minimum absolute atomic E-state index is 0.0141. The van der Waals surface area contributed by atoms with Gasteiger partial charge in [-0.3, -0.25) is 14.5 Å². The van der Waals surface area contributed by atoms with Gasteiger partial charge >= 0.3 is 0 Å². The quantitative estimate of drug-likeness (QED) is 0.555. The molecule has 2 amide bonds. The summed E-state index contributed by atoms with van der Waals surface area (Å²) in [5.74, 6) is -0.311. The van der Waals surface area contributed by atoms with Gasteiger partial charge in [0.25, 0.3) is 0 Å². The molecule has 1 saturated heterocycles. The summed E-state index contributed by atoms with van der Waals surface area (Å²) < 4.78 is 0. The highest BCUT2D eigenvalue weighted by Crippen LogP contribution is 2.42. The number of carbonyl (C=O) groups is 2. The average Bonchev–Trinajstić information content (AvgIpc) is 2.53. The minimum atomic E-state index is -0.142. The number of likely N-dealkylation sites (tertiary alicyclic amines) is 1. The molecule has 0 aromatic heterocycles. The van der Waals surface area contributed by atoms with Crippen LogP contribution in [0.4, 0.5) is 0 Å². The summed E-state index contributed by atoms with van der Waals surface area (Å²) >= 11 is 0. The number of amides is 2. The molecule has 2 unspecified atom stereocenters. The van der Waals surface area contributed by atoms with Crippen molar-refractivity contribution >= 4 is 11.8 Å². The largest absolute Gasteiger partial charge is 0.278 e. The Kier molecular flexibility index (Phi) is 3.18. The first kappa shape index (κ1) is 13.1. The average molecular weight is 247 g/mol. The predicted octanol–water partition coefficient (Wildman–Crippen LogP) is 2.54. The van der Waals surface area contributed by atoms with Crippen LogP contribution in [0.3, 0.4) is 0 Å². The molecular weight excluding hydrogens is 226 g/mol. The Bertz CT molecular complexity index is 428. The van der Waals surface area contributed by atoms with Crippen molar-refractivity contribution in [2.24, 2.45) is 17.3 Å². The molecule has 2 rings (SSSR count). The summed E-state index contributed by atoms with van der Waals surface area (Å²) in [6, 6.07) is 0. The third kappa shape index (κ3) is 2.02. The van der Waals surface area contributed by atoms with Gasteiger partial charge in [0.15, 0.2) is 0 Å². The summed E-state index contributed by atoms with van der Waals surface area (Å²) in [6.45, 7) is 10.4. The van der Waals surface area contributed by atoms with Crippen LogP contribution in [-0.4, -0.2) is 23.3 Å². The molecule has 0 spiro atoms. The van der Waals surface area contributed by atoms with Crippen LogP contribution >= 0.6 is 0 Å². The zero-order valence-electron chi connectivity index (χ0n) is 11.4. The van der Waals surface area contributed by atoms with Crippen molar-refractivity contribution in [3.8, 4) is 0 Å². The van der Waals surface area contributed by atoms with Crippen LogP contribution in [0.25, 0.3) is 0 Å². The van der Waals surface area contributed by atoms with E-state index in [1.807, 2.05) is 0 Å². The van der Waals surface area contributed by atoms with Gasteiger partial charge < -0.3 is 0 Å². The van der Waals surface area contributed by atoms with Crippen LogP contribution in [0.2, 0.25) is 0 Å². The van der Waals surface area contributed by atoms with Crippen molar-refractivity contribution in [3.63, 3.8) is 0 Å². The standard InChI is InChI=1S/C15H21NO2/c1-5-8-16-13(17)11-7-6-10(15(2,3)4)9-12(11)14(16)18/h5-6,11-12H,1,7-9H2,2-4H3. The van der Waals surface area contributed by atoms with E-state index < -0.39 is 0 Å². The van der Waals surface area contributed by atoms with Gasteiger partial charge in [-0.05, 0) is 18.3 Å². The lowest BCUT2D eigenvalue weighted by atomic mass is 9.73. The van der Waals surface area contributed by atoms with E-state index in [4.69, 9.17) is 0 Å². The number of imide groups is 1. The summed E-state index contributed by atoms with van der Waals surface area (Å²) in [4.78, 5) is 25.7. The van der Waals surface area contributed by atoms with Crippen LogP contribution in [0.15, 0.2) is 24.3 Å². The molecule has 1 heterocycles. The smallest absolute Gasteiger partial charge is 0.233 e. The van der Waals surface area contributed by atoms with E-state index in [-0.39, 0.29) is 29.1 Å². The summed E-state index contributed by atoms with van der Waals surface area (Å²) in [5, 5.41) is 0. The Balaban J connectivity index is 2.23. The lowest BCUT2D eigenvalue weighted by molar-refractivity contribution is -0.139. The molecule has 98 valence electrons. The highest BCUT2D eigenvalue weighted by molar-refractivity contribution is 6.05. The van der Waals surface area contributed by atoms with Crippen LogP contribution in [0.1, 0.15) is 33.6 Å². The molecule has 1 aliphatic carbocycles. The van der Waals surface area contributed by atoms with Gasteiger partial charge in [0.05, 0.1) is 11.8 Å². The highest BCUT2D eigenvalue weighted by Gasteiger charge is 2.48. The maximum absolute atomic E-state index is 12.2. The Hall–Kier alpha value is -1.38. The van der Waals surface area contributed by atoms with Crippen molar-refractivity contribution in [2.75, 3.05) is 6.54 Å². The van der Waals surface area contributed by atoms with Crippen LogP contribution in [-0.2, 0) is 9.59 Å². The van der Waals surface area contributed by atoms with Crippen molar-refractivity contribution < 1.29 is 9.59 Å². The Morgan fingerprint density at radius 3 is 2.50 bits per heavy atom. The van der Waals surface area contributed by atoms with Crippen molar-refractivity contribution in [1.82, 2.24) is 4.90 Å². The van der Waals surface area contributed by atoms with Crippen molar-refractivity contribution in [1.29, 1.82) is 0 Å². The maximum Gasteiger partial charge on any atom is 0.233 e. The Morgan fingerprint density at radius 1 is 1.33 bits per heavy atom. The topological polar surface area (TPSA) is 37.4 Å². The monoisotopic (exact) mass is 247 g/mol. The van der Waals surface area contributed by atoms with Crippen molar-refractivity contribution in [2.45, 2.75) is 33.6 Å². The lowest BCUT2D eigenvalue weighted by Crippen LogP contribution is -2.31. The molecule has 1 fully saturated rings. The molecule has 2 atom stereocenters. The van der Waals surface area contributed by atoms with Gasteiger partial charge in [-0.1, -0.05) is 38.5 Å². The molecule has 18 heavy (non-hydrogen) atoms. The molecule has 3 nitrogen and oxygen atoms in total. The number of hydrogen-bond donors (Lipinski definition) is 0. The number of nitrogens with zero attached hydrogens (tertiary/aromatic N) is 1. The first-order valence-electron chi connectivity index (χ1n) is 6.52. The van der Waals surface area contributed by atoms with Crippen LogP contribution in [0, 0.1) is 17.3 Å². The summed E-state index contributed by atoms with van der Waals surface area (Å²) in [7, 11) is 0. The molecule has 1 aliphatic heterocycles. The van der Waals surface area contributed by atoms with E-state index in [9.17, 15) is 9.59 Å². The summed E-state index contributed by atoms with van der Waals surface area (Å²) in [6.07, 6.45) is 5.21. The van der Waals surface area contributed by atoms with E-state index in [0.717, 1.165) is 6.42 Å². The van der Waals surface area contributed by atoms with Gasteiger partial charge in [0, 0.05) is 6.54 Å². The van der Waals surface area contributed by atoms with Gasteiger partial charge in [-0.15, -0.1) is 6.58 Å². The second kappa shape index (κ2) is 4.38. The van der Waals surface area contributed by atoms with Crippen LogP contribution in [0.5, 0.6) is 0 Å². The third-order valence-electron chi connectivity index (χ3n) is 3.99. The van der Waals surface area contributed by atoms with Crippen molar-refractivity contribution in [3.05, 3.63) is 24.3 Å². The second-order valence-corrected chi connectivity index (χ2v) is 6.21. The number of fused-ring (bicyclic) bond motifs is 1. The zero-order chi connectivity index (χ0) is 13.5. The third-order valence-corrected chi connectivity index (χ3v) is 3.99. The molecule has 0 saturated carbocycles. The maximum atomic E-state index is 12.2. The van der Waals surface area contributed by atoms with E-state index in [1.165, 1.54) is 10.5 Å². The van der Waals surface area contributed by atoms with Gasteiger partial charge in [-0.2, -0.15) is 0 Å². The highest BCUT2D eigenvalue weighted by atomic mass is 16.2. The predicted molar refractivity (Wildman–Crippen MR) is 70.7 cm³/mol. The van der Waals surface area contributed by atoms with E-state index in [2.05, 4.69) is 33.4 Å². The fourth-order valence-electron chi connectivity index (χ4n) is 2.86. The SMILES string of the molecule is C=CCN1C(=O)C2CC=C(C(C)(C)C)CC2C1=O. The molecule has 2 aliphatic rings. The summed E-state index contributed by atoms with van der Waals surface area (Å²) in [5.41, 5.74) is 1.38. The molecule has 3 heteroatoms. The molecular formula is C15H21NO2. The van der Waals surface area contributed by atoms with E-state index in [1.54, 1.807) is 6.08 Å². The molecule has 0 aromatic carbocycles. The molecule has 0 bridgehead atoms. The number of carbonyl (C=O) groups excluding carboxylic acids is 2. The Labute approximate surface area is 109 Å². The fraction of sp³-hybridized carbons (Fsp3) is 0.600. The number of hydrogen-bond acceptors (Lipinski definition) is 2. The normalized spacial score (nSPS) is 28.2. The minimum Gasteiger partial charge on any atom is -0.278 e. The van der Waals surface area contributed by atoms with Gasteiger partial charge in [0.1, 0.15) is 0 Å². The van der Waals surface area contributed by atoms with Gasteiger partial charge in [0.2, 0.25) is 11.8 Å². The van der Waals surface area contributed by atoms with E-state index in [0.29, 0.717) is 13.0 Å². The first-order valence-corrected chi connectivity index (χ1v) is 6.52. The first-order chi connectivity index (χ1) is 8.36. The lowest BCUT2D eigenvalue weighted by Gasteiger charge is -2.30. The zero-order valence-corrected chi connectivity index (χ0v) is 11.4. The van der Waals surface area contributed by atoms with Gasteiger partial charge in [-0.25, -0.2) is 0 Å². The number of rotatable bonds is 2.